The van der Waals surface area contributed by atoms with Crippen molar-refractivity contribution in [1.29, 1.82) is 0 Å². The van der Waals surface area contributed by atoms with Crippen LogP contribution in [0, 0.1) is 0 Å². The van der Waals surface area contributed by atoms with E-state index in [1.54, 1.807) is 12.1 Å². The number of unbranched alkanes of at least 4 members (excludes halogenated alkanes) is 2. The first-order valence-electron chi connectivity index (χ1n) is 14.3. The van der Waals surface area contributed by atoms with Crippen LogP contribution in [-0.2, 0) is 11.2 Å². The number of anilines is 1. The van der Waals surface area contributed by atoms with Crippen molar-refractivity contribution in [2.45, 2.75) is 83.3 Å². The number of nitrogens with zero attached hydrogens (tertiary/aromatic N) is 2. The molecule has 1 fully saturated rings. The van der Waals surface area contributed by atoms with Crippen LogP contribution in [-0.4, -0.2) is 52.4 Å². The van der Waals surface area contributed by atoms with Crippen molar-refractivity contribution >= 4 is 5.69 Å². The number of aromatic amines is 1. The number of aryl methyl sites for hydroxylation is 1. The maximum atomic E-state index is 13.8. The van der Waals surface area contributed by atoms with Gasteiger partial charge in [0.05, 0.1) is 11.8 Å². The summed E-state index contributed by atoms with van der Waals surface area (Å²) < 4.78 is 7.28. The third kappa shape index (κ3) is 5.58. The average Bonchev–Trinajstić information content (AvgIpc) is 3.24. The molecule has 1 aliphatic rings. The SMILES string of the molecule is CCCCN(CCCC)c1cc(O)c(C2C([O-])C(c3c(CCC)[nH]n(-c4ccccc4)c3=O)C2OC)c(O)c1. The number of benzene rings is 2. The van der Waals surface area contributed by atoms with Crippen LogP contribution < -0.4 is 15.6 Å². The van der Waals surface area contributed by atoms with Crippen LogP contribution >= 0.6 is 0 Å². The molecule has 2 aromatic carbocycles. The van der Waals surface area contributed by atoms with Crippen molar-refractivity contribution in [1.82, 2.24) is 9.78 Å². The highest BCUT2D eigenvalue weighted by Crippen LogP contribution is 2.53. The average molecular weight is 537 g/mol. The molecule has 0 saturated heterocycles. The number of methoxy groups -OCH3 is 1. The zero-order valence-electron chi connectivity index (χ0n) is 23.5. The van der Waals surface area contributed by atoms with Crippen molar-refractivity contribution in [2.75, 3.05) is 25.1 Å². The standard InChI is InChI=1S/C31H42N3O5/c1-5-8-16-33(17-9-6-2)21-18-23(35)26(24(36)19-21)28-29(37)27(30(28)39-4)25-22(13-7-3)32-34(31(25)38)20-14-11-10-12-15-20/h10-12,14-15,18-19,27-30,32,35-36H,5-9,13,16-17H2,1-4H3/q-1. The van der Waals surface area contributed by atoms with Gasteiger partial charge in [0, 0.05) is 66.7 Å². The van der Waals surface area contributed by atoms with E-state index in [4.69, 9.17) is 4.74 Å². The summed E-state index contributed by atoms with van der Waals surface area (Å²) in [6.45, 7) is 7.94. The normalized spacial score (nSPS) is 20.6. The molecule has 0 aliphatic heterocycles. The number of para-hydroxylation sites is 1. The monoisotopic (exact) mass is 536 g/mol. The minimum absolute atomic E-state index is 0.112. The lowest BCUT2D eigenvalue weighted by molar-refractivity contribution is -0.463. The van der Waals surface area contributed by atoms with Gasteiger partial charge in [0.2, 0.25) is 0 Å². The lowest BCUT2D eigenvalue weighted by Crippen LogP contribution is -2.60. The van der Waals surface area contributed by atoms with Gasteiger partial charge in [-0.2, -0.15) is 0 Å². The Labute approximate surface area is 230 Å². The number of phenolic OH excluding ortho intramolecular Hbond substituents is 2. The fraction of sp³-hybridized carbons (Fsp3) is 0.516. The summed E-state index contributed by atoms with van der Waals surface area (Å²) in [5, 5.41) is 39.2. The van der Waals surface area contributed by atoms with Gasteiger partial charge in [0.15, 0.2) is 0 Å². The molecule has 4 atom stereocenters. The van der Waals surface area contributed by atoms with E-state index in [9.17, 15) is 20.1 Å². The molecule has 1 saturated carbocycles. The Hall–Kier alpha value is -3.23. The zero-order chi connectivity index (χ0) is 28.1. The topological polar surface area (TPSA) is 114 Å². The molecule has 3 N–H and O–H groups in total. The second kappa shape index (κ2) is 12.7. The van der Waals surface area contributed by atoms with Crippen LogP contribution in [0.2, 0.25) is 0 Å². The number of rotatable bonds is 13. The van der Waals surface area contributed by atoms with Crippen molar-refractivity contribution in [3.8, 4) is 17.2 Å². The van der Waals surface area contributed by atoms with Gasteiger partial charge in [-0.25, -0.2) is 4.68 Å². The maximum absolute atomic E-state index is 13.8. The molecule has 8 nitrogen and oxygen atoms in total. The highest BCUT2D eigenvalue weighted by atomic mass is 16.5. The van der Waals surface area contributed by atoms with E-state index >= 15 is 0 Å². The van der Waals surface area contributed by atoms with E-state index in [0.29, 0.717) is 17.7 Å². The summed E-state index contributed by atoms with van der Waals surface area (Å²) in [6, 6.07) is 12.6. The second-order valence-electron chi connectivity index (χ2n) is 10.5. The predicted octanol–water partition coefficient (Wildman–Crippen LogP) is 4.56. The summed E-state index contributed by atoms with van der Waals surface area (Å²) in [5.41, 5.74) is 2.53. The quantitative estimate of drug-likeness (QED) is 0.295. The Kier molecular flexibility index (Phi) is 9.40. The number of hydrogen-bond donors (Lipinski definition) is 3. The minimum atomic E-state index is -1.27. The van der Waals surface area contributed by atoms with Gasteiger partial charge in [-0.05, 0) is 31.4 Å². The largest absolute Gasteiger partial charge is 0.851 e. The third-order valence-corrected chi connectivity index (χ3v) is 7.92. The summed E-state index contributed by atoms with van der Waals surface area (Å²) in [4.78, 5) is 15.8. The van der Waals surface area contributed by atoms with Crippen LogP contribution in [0.3, 0.4) is 0 Å². The highest BCUT2D eigenvalue weighted by molar-refractivity contribution is 5.62. The molecule has 1 heterocycles. The van der Waals surface area contributed by atoms with Crippen LogP contribution in [0.15, 0.2) is 47.3 Å². The molecule has 0 amide bonds. The molecule has 8 heteroatoms. The second-order valence-corrected chi connectivity index (χ2v) is 10.5. The molecular formula is C31H42N3O5-. The van der Waals surface area contributed by atoms with Crippen molar-refractivity contribution in [2.24, 2.45) is 0 Å². The molecule has 0 bridgehead atoms. The van der Waals surface area contributed by atoms with Crippen LogP contribution in [0.1, 0.15) is 81.5 Å². The van der Waals surface area contributed by atoms with Gasteiger partial charge < -0.3 is 25.0 Å². The number of aromatic nitrogens is 2. The van der Waals surface area contributed by atoms with E-state index in [2.05, 4.69) is 23.8 Å². The summed E-state index contributed by atoms with van der Waals surface area (Å²) in [5.74, 6) is -1.72. The predicted molar refractivity (Wildman–Crippen MR) is 152 cm³/mol. The van der Waals surface area contributed by atoms with E-state index in [-0.39, 0.29) is 22.6 Å². The zero-order valence-corrected chi connectivity index (χ0v) is 23.5. The number of ether oxygens (including phenoxy) is 1. The molecule has 212 valence electrons. The highest BCUT2D eigenvalue weighted by Gasteiger charge is 2.50. The van der Waals surface area contributed by atoms with E-state index in [1.165, 1.54) is 11.8 Å². The Bertz CT molecular complexity index is 1250. The van der Waals surface area contributed by atoms with Crippen LogP contribution in [0.5, 0.6) is 11.5 Å². The Morgan fingerprint density at radius 3 is 2.08 bits per heavy atom. The van der Waals surface area contributed by atoms with Crippen LogP contribution in [0.25, 0.3) is 5.69 Å². The minimum Gasteiger partial charge on any atom is -0.851 e. The molecule has 4 rings (SSSR count). The first-order valence-corrected chi connectivity index (χ1v) is 14.3. The fourth-order valence-corrected chi connectivity index (χ4v) is 5.86. The third-order valence-electron chi connectivity index (χ3n) is 7.92. The van der Waals surface area contributed by atoms with Crippen molar-refractivity contribution in [3.63, 3.8) is 0 Å². The number of nitrogens with one attached hydrogen (secondary N) is 1. The molecule has 0 spiro atoms. The van der Waals surface area contributed by atoms with Crippen LogP contribution in [0.4, 0.5) is 5.69 Å². The molecule has 1 aliphatic carbocycles. The summed E-state index contributed by atoms with van der Waals surface area (Å²) in [7, 11) is 1.51. The number of phenols is 2. The summed E-state index contributed by atoms with van der Waals surface area (Å²) >= 11 is 0. The molecule has 1 aromatic heterocycles. The van der Waals surface area contributed by atoms with E-state index in [1.807, 2.05) is 37.3 Å². The van der Waals surface area contributed by atoms with Crippen molar-refractivity contribution < 1.29 is 20.1 Å². The van der Waals surface area contributed by atoms with Gasteiger partial charge >= 0.3 is 0 Å². The van der Waals surface area contributed by atoms with E-state index in [0.717, 1.165) is 56.6 Å². The Morgan fingerprint density at radius 2 is 1.54 bits per heavy atom. The van der Waals surface area contributed by atoms with Gasteiger partial charge in [-0.3, -0.25) is 9.89 Å². The number of aromatic hydroxyl groups is 2. The van der Waals surface area contributed by atoms with E-state index < -0.39 is 24.0 Å². The first-order chi connectivity index (χ1) is 18.9. The fourth-order valence-electron chi connectivity index (χ4n) is 5.86. The molecule has 39 heavy (non-hydrogen) atoms. The lowest BCUT2D eigenvalue weighted by atomic mass is 9.62. The van der Waals surface area contributed by atoms with Gasteiger partial charge in [0.1, 0.15) is 11.5 Å². The molecule has 4 unspecified atom stereocenters. The first kappa shape index (κ1) is 28.8. The number of hydrogen-bond acceptors (Lipinski definition) is 6. The lowest BCUT2D eigenvalue weighted by Gasteiger charge is -2.56. The van der Waals surface area contributed by atoms with Gasteiger partial charge in [-0.15, -0.1) is 6.10 Å². The maximum Gasteiger partial charge on any atom is 0.275 e. The molecular weight excluding hydrogens is 494 g/mol. The van der Waals surface area contributed by atoms with Crippen molar-refractivity contribution in [3.05, 3.63) is 69.6 Å². The smallest absolute Gasteiger partial charge is 0.275 e. The molecule has 0 radical (unpaired) electrons. The molecule has 3 aromatic rings. The van der Waals surface area contributed by atoms with Gasteiger partial charge in [-0.1, -0.05) is 58.2 Å². The summed E-state index contributed by atoms with van der Waals surface area (Å²) in [6.07, 6.45) is 3.58. The Morgan fingerprint density at radius 1 is 0.949 bits per heavy atom. The van der Waals surface area contributed by atoms with Gasteiger partial charge in [0.25, 0.3) is 5.56 Å². The number of H-pyrrole nitrogens is 1. The Balaban J connectivity index is 1.69.